The van der Waals surface area contributed by atoms with Crippen molar-refractivity contribution in [3.8, 4) is 0 Å². The Kier molecular flexibility index (Phi) is 10.3. The molecule has 1 unspecified atom stereocenters. The van der Waals surface area contributed by atoms with Gasteiger partial charge in [0.2, 0.25) is 16.2 Å². The number of allylic oxidation sites excluding steroid dienone is 3. The van der Waals surface area contributed by atoms with Crippen LogP contribution in [0.1, 0.15) is 52.4 Å². The molecule has 0 aromatic carbocycles. The lowest BCUT2D eigenvalue weighted by Gasteiger charge is -2.21. The molecule has 1 aromatic heterocycles. The van der Waals surface area contributed by atoms with Crippen LogP contribution in [0.3, 0.4) is 0 Å². The number of carbonyl (C=O) groups excluding carboxylic acids is 1. The number of anilines is 2. The van der Waals surface area contributed by atoms with E-state index in [0.717, 1.165) is 62.6 Å². The number of rotatable bonds is 11. The van der Waals surface area contributed by atoms with Crippen LogP contribution < -0.4 is 15.5 Å². The molecule has 0 bridgehead atoms. The van der Waals surface area contributed by atoms with Crippen LogP contribution in [0, 0.1) is 0 Å². The van der Waals surface area contributed by atoms with Crippen molar-refractivity contribution >= 4 is 39.6 Å². The standard InChI is InChI=1S/C24H36N8OS/c1-4-6-17-32(16-5-2)24-30-29-23(34-24)28-21(33)18-31(3)20-13-8-7-10-15-26-22(27-20)19-12-9-11-14-25-19/h9,11-15,19,25H,4-8,10,16-18H2,1-3H3,(H,28,29,33)/b20-13-,26-15?,27-22-. The van der Waals surface area contributed by atoms with Crippen LogP contribution in [0.5, 0.6) is 0 Å². The molecular formula is C24H36N8OS. The van der Waals surface area contributed by atoms with Crippen molar-refractivity contribution in [2.45, 2.75) is 58.4 Å². The van der Waals surface area contributed by atoms with Crippen molar-refractivity contribution in [3.05, 3.63) is 36.3 Å². The molecule has 0 aliphatic carbocycles. The first-order chi connectivity index (χ1) is 16.6. The molecule has 184 valence electrons. The third-order valence-electron chi connectivity index (χ3n) is 5.36. The number of hydrogen-bond acceptors (Lipinski definition) is 9. The number of dihydropyridines is 1. The van der Waals surface area contributed by atoms with Gasteiger partial charge in [0.05, 0.1) is 6.54 Å². The molecule has 0 radical (unpaired) electrons. The van der Waals surface area contributed by atoms with Crippen LogP contribution >= 0.6 is 11.3 Å². The van der Waals surface area contributed by atoms with Gasteiger partial charge in [-0.25, -0.2) is 9.98 Å². The summed E-state index contributed by atoms with van der Waals surface area (Å²) in [4.78, 5) is 26.3. The molecule has 0 saturated carbocycles. The van der Waals surface area contributed by atoms with Crippen molar-refractivity contribution in [2.75, 3.05) is 36.9 Å². The normalized spacial score (nSPS) is 20.7. The zero-order chi connectivity index (χ0) is 24.2. The Morgan fingerprint density at radius 1 is 1.21 bits per heavy atom. The number of hydrogen-bond donors (Lipinski definition) is 2. The van der Waals surface area contributed by atoms with E-state index in [4.69, 9.17) is 4.99 Å². The van der Waals surface area contributed by atoms with E-state index in [2.05, 4.69) is 50.6 Å². The predicted molar refractivity (Wildman–Crippen MR) is 142 cm³/mol. The number of amidine groups is 1. The molecule has 0 fully saturated rings. The predicted octanol–water partition coefficient (Wildman–Crippen LogP) is 3.96. The third-order valence-corrected chi connectivity index (χ3v) is 6.26. The topological polar surface area (TPSA) is 98.1 Å². The lowest BCUT2D eigenvalue weighted by atomic mass is 10.2. The Hall–Kier alpha value is -3.01. The van der Waals surface area contributed by atoms with Gasteiger partial charge in [-0.2, -0.15) is 0 Å². The lowest BCUT2D eigenvalue weighted by Crippen LogP contribution is -2.33. The van der Waals surface area contributed by atoms with Crippen LogP contribution in [0.15, 0.2) is 46.3 Å². The number of carbonyl (C=O) groups is 1. The average Bonchev–Trinajstić information content (AvgIpc) is 3.34. The molecule has 0 spiro atoms. The van der Waals surface area contributed by atoms with E-state index < -0.39 is 0 Å². The van der Waals surface area contributed by atoms with Gasteiger partial charge in [0, 0.05) is 26.4 Å². The number of aliphatic imine (C=N–C) groups is 2. The summed E-state index contributed by atoms with van der Waals surface area (Å²) in [5.74, 6) is 1.26. The van der Waals surface area contributed by atoms with Crippen LogP contribution in [0.25, 0.3) is 0 Å². The fourth-order valence-electron chi connectivity index (χ4n) is 3.56. The minimum Gasteiger partial charge on any atom is -0.378 e. The van der Waals surface area contributed by atoms with Crippen molar-refractivity contribution in [3.63, 3.8) is 0 Å². The van der Waals surface area contributed by atoms with Crippen molar-refractivity contribution in [1.29, 1.82) is 0 Å². The highest BCUT2D eigenvalue weighted by Crippen LogP contribution is 2.24. The number of likely N-dealkylation sites (N-methyl/N-ethyl adjacent to an activating group) is 1. The van der Waals surface area contributed by atoms with E-state index in [9.17, 15) is 4.79 Å². The molecule has 10 heteroatoms. The number of unbranched alkanes of at least 4 members (excludes halogenated alkanes) is 1. The van der Waals surface area contributed by atoms with E-state index in [1.807, 2.05) is 42.6 Å². The highest BCUT2D eigenvalue weighted by Gasteiger charge is 2.18. The van der Waals surface area contributed by atoms with E-state index in [1.165, 1.54) is 11.3 Å². The molecule has 1 amide bonds. The molecule has 1 aromatic rings. The van der Waals surface area contributed by atoms with Gasteiger partial charge in [0.15, 0.2) is 5.84 Å². The van der Waals surface area contributed by atoms with Gasteiger partial charge < -0.3 is 15.1 Å². The van der Waals surface area contributed by atoms with Gasteiger partial charge in [0.1, 0.15) is 11.9 Å². The molecular weight excluding hydrogens is 448 g/mol. The minimum absolute atomic E-state index is 0.0939. The van der Waals surface area contributed by atoms with Crippen LogP contribution in [-0.4, -0.2) is 65.8 Å². The Bertz CT molecular complexity index is 949. The first-order valence-electron chi connectivity index (χ1n) is 12.1. The van der Waals surface area contributed by atoms with Crippen LogP contribution in [0.2, 0.25) is 0 Å². The first-order valence-corrected chi connectivity index (χ1v) is 12.9. The Balaban J connectivity index is 1.64. The largest absolute Gasteiger partial charge is 0.378 e. The smallest absolute Gasteiger partial charge is 0.245 e. The molecule has 2 N–H and O–H groups in total. The third kappa shape index (κ3) is 7.79. The molecule has 3 rings (SSSR count). The van der Waals surface area contributed by atoms with Crippen molar-refractivity contribution in [1.82, 2.24) is 20.4 Å². The molecule has 34 heavy (non-hydrogen) atoms. The quantitative estimate of drug-likeness (QED) is 0.493. The minimum atomic E-state index is -0.152. The zero-order valence-electron chi connectivity index (χ0n) is 20.4. The molecule has 1 atom stereocenters. The summed E-state index contributed by atoms with van der Waals surface area (Å²) in [6.07, 6.45) is 17.9. The lowest BCUT2D eigenvalue weighted by molar-refractivity contribution is -0.116. The number of amides is 1. The average molecular weight is 485 g/mol. The van der Waals surface area contributed by atoms with E-state index in [0.29, 0.717) is 11.0 Å². The summed E-state index contributed by atoms with van der Waals surface area (Å²) in [6, 6.07) is -0.0939. The Labute approximate surface area is 206 Å². The summed E-state index contributed by atoms with van der Waals surface area (Å²) >= 11 is 1.42. The molecule has 2 aliphatic rings. The summed E-state index contributed by atoms with van der Waals surface area (Å²) < 4.78 is 0. The van der Waals surface area contributed by atoms with Crippen molar-refractivity contribution < 1.29 is 4.79 Å². The highest BCUT2D eigenvalue weighted by atomic mass is 32.1. The van der Waals surface area contributed by atoms with E-state index >= 15 is 0 Å². The van der Waals surface area contributed by atoms with E-state index in [-0.39, 0.29) is 18.5 Å². The second-order valence-electron chi connectivity index (χ2n) is 8.30. The number of nitrogens with zero attached hydrogens (tertiary/aromatic N) is 6. The summed E-state index contributed by atoms with van der Waals surface area (Å²) in [5, 5.41) is 16.0. The van der Waals surface area contributed by atoms with Crippen molar-refractivity contribution in [2.24, 2.45) is 9.98 Å². The van der Waals surface area contributed by atoms with Gasteiger partial charge in [-0.1, -0.05) is 43.8 Å². The van der Waals surface area contributed by atoms with Gasteiger partial charge in [-0.15, -0.1) is 10.2 Å². The maximum atomic E-state index is 12.8. The molecule has 3 heterocycles. The maximum Gasteiger partial charge on any atom is 0.245 e. The first kappa shape index (κ1) is 25.6. The molecule has 0 saturated heterocycles. The van der Waals surface area contributed by atoms with E-state index in [1.54, 1.807) is 0 Å². The van der Waals surface area contributed by atoms with Gasteiger partial charge in [0.25, 0.3) is 0 Å². The summed E-state index contributed by atoms with van der Waals surface area (Å²) in [5.41, 5.74) is 0. The molecule has 2 aliphatic heterocycles. The summed E-state index contributed by atoms with van der Waals surface area (Å²) in [6.45, 7) is 6.37. The zero-order valence-corrected chi connectivity index (χ0v) is 21.2. The number of nitrogens with one attached hydrogen (secondary N) is 2. The van der Waals surface area contributed by atoms with Gasteiger partial charge >= 0.3 is 0 Å². The Morgan fingerprint density at radius 3 is 2.85 bits per heavy atom. The Morgan fingerprint density at radius 2 is 2.09 bits per heavy atom. The fourth-order valence-corrected chi connectivity index (χ4v) is 4.37. The number of aromatic nitrogens is 2. The summed E-state index contributed by atoms with van der Waals surface area (Å²) in [7, 11) is 1.87. The van der Waals surface area contributed by atoms with Gasteiger partial charge in [-0.05, 0) is 50.5 Å². The molecule has 9 nitrogen and oxygen atoms in total. The van der Waals surface area contributed by atoms with Crippen LogP contribution in [-0.2, 0) is 4.79 Å². The fraction of sp³-hybridized carbons (Fsp3) is 0.542. The SMILES string of the molecule is CCCCN(CCC)c1nnc(NC(=O)CN(C)C2=C\CCCC=N/C(C3C=CC=CN3)=N\2)s1. The van der Waals surface area contributed by atoms with Crippen LogP contribution in [0.4, 0.5) is 10.3 Å². The monoisotopic (exact) mass is 484 g/mol. The van der Waals surface area contributed by atoms with Gasteiger partial charge in [-0.3, -0.25) is 10.1 Å². The second-order valence-corrected chi connectivity index (χ2v) is 9.25. The maximum absolute atomic E-state index is 12.8. The highest BCUT2D eigenvalue weighted by molar-refractivity contribution is 7.19. The second kappa shape index (κ2) is 13.6.